The summed E-state index contributed by atoms with van der Waals surface area (Å²) in [5.74, 6) is -2.50. The molecule has 1 aliphatic heterocycles. The maximum absolute atomic E-state index is 12.7. The zero-order chi connectivity index (χ0) is 18.1. The SMILES string of the molecule is CN(C(=O)c1ccc(C(=O)O)o1)[C@@H]1CCN(c2ccccc2Cl)C1=O. The fourth-order valence-electron chi connectivity index (χ4n) is 2.82. The molecule has 0 unspecified atom stereocenters. The summed E-state index contributed by atoms with van der Waals surface area (Å²) in [4.78, 5) is 38.8. The van der Waals surface area contributed by atoms with E-state index in [9.17, 15) is 14.4 Å². The second-order valence-electron chi connectivity index (χ2n) is 5.63. The third-order valence-corrected chi connectivity index (χ3v) is 4.46. The third-order valence-electron chi connectivity index (χ3n) is 4.14. The Balaban J connectivity index is 1.78. The van der Waals surface area contributed by atoms with E-state index < -0.39 is 17.9 Å². The van der Waals surface area contributed by atoms with Crippen molar-refractivity contribution in [2.45, 2.75) is 12.5 Å². The summed E-state index contributed by atoms with van der Waals surface area (Å²) in [5.41, 5.74) is 0.601. The second kappa shape index (κ2) is 6.60. The van der Waals surface area contributed by atoms with Crippen molar-refractivity contribution in [3.8, 4) is 0 Å². The van der Waals surface area contributed by atoms with E-state index in [-0.39, 0.29) is 17.4 Å². The number of nitrogens with zero attached hydrogens (tertiary/aromatic N) is 2. The van der Waals surface area contributed by atoms with Crippen LogP contribution in [0.25, 0.3) is 0 Å². The molecule has 0 aliphatic carbocycles. The van der Waals surface area contributed by atoms with E-state index >= 15 is 0 Å². The number of anilines is 1. The first-order valence-corrected chi connectivity index (χ1v) is 7.94. The number of furan rings is 1. The van der Waals surface area contributed by atoms with Crippen molar-refractivity contribution in [3.63, 3.8) is 0 Å². The summed E-state index contributed by atoms with van der Waals surface area (Å²) < 4.78 is 5.02. The van der Waals surface area contributed by atoms with E-state index in [2.05, 4.69) is 0 Å². The van der Waals surface area contributed by atoms with E-state index in [0.717, 1.165) is 0 Å². The van der Waals surface area contributed by atoms with Gasteiger partial charge in [0.15, 0.2) is 5.76 Å². The molecule has 1 saturated heterocycles. The summed E-state index contributed by atoms with van der Waals surface area (Å²) in [6.07, 6.45) is 0.443. The van der Waals surface area contributed by atoms with Crippen molar-refractivity contribution < 1.29 is 23.9 Å². The molecule has 8 heteroatoms. The highest BCUT2D eigenvalue weighted by molar-refractivity contribution is 6.34. The van der Waals surface area contributed by atoms with Gasteiger partial charge in [-0.3, -0.25) is 9.59 Å². The quantitative estimate of drug-likeness (QED) is 0.902. The summed E-state index contributed by atoms with van der Waals surface area (Å²) >= 11 is 6.14. The molecule has 7 nitrogen and oxygen atoms in total. The van der Waals surface area contributed by atoms with Crippen molar-refractivity contribution in [1.82, 2.24) is 4.90 Å². The van der Waals surface area contributed by atoms with E-state index in [1.807, 2.05) is 0 Å². The number of halogens is 1. The summed E-state index contributed by atoms with van der Waals surface area (Å²) in [6.45, 7) is 0.434. The van der Waals surface area contributed by atoms with Gasteiger partial charge in [0.25, 0.3) is 5.91 Å². The van der Waals surface area contributed by atoms with E-state index in [4.69, 9.17) is 21.1 Å². The average Bonchev–Trinajstić information content (AvgIpc) is 3.21. The number of hydrogen-bond donors (Lipinski definition) is 1. The minimum Gasteiger partial charge on any atom is -0.475 e. The number of hydrogen-bond acceptors (Lipinski definition) is 4. The average molecular weight is 363 g/mol. The Kier molecular flexibility index (Phi) is 4.50. The Morgan fingerprint density at radius 3 is 2.56 bits per heavy atom. The Labute approximate surface area is 148 Å². The molecule has 1 aromatic heterocycles. The zero-order valence-corrected chi connectivity index (χ0v) is 14.1. The number of carbonyl (C=O) groups excluding carboxylic acids is 2. The number of amides is 2. The molecule has 1 aromatic carbocycles. The van der Waals surface area contributed by atoms with Crippen molar-refractivity contribution in [3.05, 3.63) is 52.9 Å². The molecule has 1 atom stereocenters. The van der Waals surface area contributed by atoms with Gasteiger partial charge in [0.05, 0.1) is 10.7 Å². The number of carbonyl (C=O) groups is 3. The predicted molar refractivity (Wildman–Crippen MR) is 90.0 cm³/mol. The molecule has 1 fully saturated rings. The maximum Gasteiger partial charge on any atom is 0.371 e. The summed E-state index contributed by atoms with van der Waals surface area (Å²) in [7, 11) is 1.49. The van der Waals surface area contributed by atoms with Crippen molar-refractivity contribution in [1.29, 1.82) is 0 Å². The van der Waals surface area contributed by atoms with Crippen LogP contribution in [0.15, 0.2) is 40.8 Å². The topological polar surface area (TPSA) is 91.1 Å². The lowest BCUT2D eigenvalue weighted by molar-refractivity contribution is -0.120. The van der Waals surface area contributed by atoms with Gasteiger partial charge >= 0.3 is 5.97 Å². The Morgan fingerprint density at radius 2 is 1.92 bits per heavy atom. The van der Waals surface area contributed by atoms with Crippen LogP contribution in [0.5, 0.6) is 0 Å². The highest BCUT2D eigenvalue weighted by Gasteiger charge is 2.38. The zero-order valence-electron chi connectivity index (χ0n) is 13.3. The van der Waals surface area contributed by atoms with Crippen LogP contribution in [0.3, 0.4) is 0 Å². The lowest BCUT2D eigenvalue weighted by atomic mass is 10.2. The Bertz CT molecular complexity index is 847. The minimum atomic E-state index is -1.26. The van der Waals surface area contributed by atoms with Gasteiger partial charge < -0.3 is 19.3 Å². The van der Waals surface area contributed by atoms with Gasteiger partial charge in [-0.2, -0.15) is 0 Å². The molecule has 2 amide bonds. The normalized spacial score (nSPS) is 17.0. The molecule has 0 spiro atoms. The first kappa shape index (κ1) is 17.0. The van der Waals surface area contributed by atoms with Gasteiger partial charge in [-0.15, -0.1) is 0 Å². The maximum atomic E-state index is 12.7. The molecule has 2 aromatic rings. The summed E-state index contributed by atoms with van der Waals surface area (Å²) in [6, 6.07) is 8.83. The minimum absolute atomic E-state index is 0.121. The number of carboxylic acid groups (broad SMARTS) is 1. The number of aromatic carboxylic acids is 1. The first-order chi connectivity index (χ1) is 11.9. The van der Waals surface area contributed by atoms with Crippen LogP contribution in [-0.2, 0) is 4.79 Å². The van der Waals surface area contributed by atoms with E-state index in [1.54, 1.807) is 29.2 Å². The van der Waals surface area contributed by atoms with Gasteiger partial charge in [-0.05, 0) is 30.7 Å². The van der Waals surface area contributed by atoms with Crippen molar-refractivity contribution in [2.75, 3.05) is 18.5 Å². The van der Waals surface area contributed by atoms with Crippen molar-refractivity contribution >= 4 is 35.1 Å². The van der Waals surface area contributed by atoms with Crippen LogP contribution in [0.1, 0.15) is 27.5 Å². The number of rotatable bonds is 4. The molecule has 1 aliphatic rings. The largest absolute Gasteiger partial charge is 0.475 e. The predicted octanol–water partition coefficient (Wildman–Crippen LogP) is 2.51. The fourth-order valence-corrected chi connectivity index (χ4v) is 3.05. The first-order valence-electron chi connectivity index (χ1n) is 7.56. The molecule has 0 bridgehead atoms. The molecule has 3 rings (SSSR count). The lowest BCUT2D eigenvalue weighted by Gasteiger charge is -2.23. The van der Waals surface area contributed by atoms with Gasteiger partial charge in [0.1, 0.15) is 6.04 Å². The monoisotopic (exact) mass is 362 g/mol. The molecular formula is C17H15ClN2O5. The molecule has 0 radical (unpaired) electrons. The van der Waals surface area contributed by atoms with Gasteiger partial charge in [0.2, 0.25) is 11.7 Å². The van der Waals surface area contributed by atoms with Crippen molar-refractivity contribution in [2.24, 2.45) is 0 Å². The van der Waals surface area contributed by atoms with Gasteiger partial charge in [0, 0.05) is 13.6 Å². The van der Waals surface area contributed by atoms with Crippen LogP contribution < -0.4 is 4.90 Å². The molecule has 0 saturated carbocycles. The number of para-hydroxylation sites is 1. The van der Waals surface area contributed by atoms with Crippen LogP contribution in [0.2, 0.25) is 5.02 Å². The summed E-state index contributed by atoms with van der Waals surface area (Å²) in [5, 5.41) is 9.33. The van der Waals surface area contributed by atoms with E-state index in [1.165, 1.54) is 24.1 Å². The highest BCUT2D eigenvalue weighted by Crippen LogP contribution is 2.30. The third kappa shape index (κ3) is 3.10. The lowest BCUT2D eigenvalue weighted by Crippen LogP contribution is -2.42. The molecule has 2 heterocycles. The number of carboxylic acids is 1. The van der Waals surface area contributed by atoms with Crippen LogP contribution in [0, 0.1) is 0 Å². The molecule has 1 N–H and O–H groups in total. The highest BCUT2D eigenvalue weighted by atomic mass is 35.5. The standard InChI is InChI=1S/C17H15ClN2O5/c1-19(16(22)13-6-7-14(25-13)17(23)24)12-8-9-20(15(12)21)11-5-3-2-4-10(11)18/h2-7,12H,8-9H2,1H3,(H,23,24)/t12-/m1/s1. The van der Waals surface area contributed by atoms with E-state index in [0.29, 0.717) is 23.7 Å². The van der Waals surface area contributed by atoms with Crippen LogP contribution in [0.4, 0.5) is 5.69 Å². The number of likely N-dealkylation sites (N-methyl/N-ethyl adjacent to an activating group) is 1. The molecule has 130 valence electrons. The second-order valence-corrected chi connectivity index (χ2v) is 6.04. The fraction of sp³-hybridized carbons (Fsp3) is 0.235. The number of benzene rings is 1. The van der Waals surface area contributed by atoms with Crippen LogP contribution >= 0.6 is 11.6 Å². The van der Waals surface area contributed by atoms with Gasteiger partial charge in [-0.1, -0.05) is 23.7 Å². The Hall–Kier alpha value is -2.80. The smallest absolute Gasteiger partial charge is 0.371 e. The molecular weight excluding hydrogens is 348 g/mol. The van der Waals surface area contributed by atoms with Gasteiger partial charge in [-0.25, -0.2) is 4.79 Å². The molecule has 25 heavy (non-hydrogen) atoms. The van der Waals surface area contributed by atoms with Crippen LogP contribution in [-0.4, -0.2) is 47.4 Å². The Morgan fingerprint density at radius 1 is 1.24 bits per heavy atom.